The fourth-order valence-electron chi connectivity index (χ4n) is 1.27. The maximum Gasteiger partial charge on any atom is 0.211 e. The van der Waals surface area contributed by atoms with Crippen LogP contribution >= 0.6 is 58.8 Å². The average Bonchev–Trinajstić information content (AvgIpc) is 2.60. The van der Waals surface area contributed by atoms with Crippen molar-refractivity contribution in [1.29, 1.82) is 0 Å². The predicted octanol–water partition coefficient (Wildman–Crippen LogP) is 4.16. The number of hydrogen-bond donors (Lipinski definition) is 0. The molecule has 0 aromatic carbocycles. The SMILES string of the molecule is C=CC(=O)SCCSCC(CSC(=O)C=C)SCCSC(=O)C=C. The smallest absolute Gasteiger partial charge is 0.211 e. The molecule has 0 bridgehead atoms. The van der Waals surface area contributed by atoms with Gasteiger partial charge in [0.1, 0.15) is 0 Å². The predicted molar refractivity (Wildman–Crippen MR) is 117 cm³/mol. The van der Waals surface area contributed by atoms with E-state index in [0.717, 1.165) is 34.5 Å². The van der Waals surface area contributed by atoms with Crippen LogP contribution in [0.25, 0.3) is 0 Å². The van der Waals surface area contributed by atoms with E-state index in [1.54, 1.807) is 23.5 Å². The van der Waals surface area contributed by atoms with E-state index in [9.17, 15) is 14.4 Å². The van der Waals surface area contributed by atoms with Gasteiger partial charge in [-0.25, -0.2) is 0 Å². The van der Waals surface area contributed by atoms with Crippen molar-refractivity contribution in [2.24, 2.45) is 0 Å². The van der Waals surface area contributed by atoms with Gasteiger partial charge in [0.05, 0.1) is 0 Å². The first-order chi connectivity index (χ1) is 11.5. The third-order valence-electron chi connectivity index (χ3n) is 2.37. The summed E-state index contributed by atoms with van der Waals surface area (Å²) in [7, 11) is 0. The van der Waals surface area contributed by atoms with Gasteiger partial charge in [-0.2, -0.15) is 23.5 Å². The van der Waals surface area contributed by atoms with E-state index in [-0.39, 0.29) is 15.3 Å². The van der Waals surface area contributed by atoms with Crippen molar-refractivity contribution in [3.63, 3.8) is 0 Å². The van der Waals surface area contributed by atoms with Gasteiger partial charge in [-0.3, -0.25) is 14.4 Å². The third kappa shape index (κ3) is 14.3. The number of thioether (sulfide) groups is 5. The van der Waals surface area contributed by atoms with Gasteiger partial charge < -0.3 is 0 Å². The molecule has 0 saturated carbocycles. The second kappa shape index (κ2) is 16.4. The summed E-state index contributed by atoms with van der Waals surface area (Å²) >= 11 is 7.35. The summed E-state index contributed by atoms with van der Waals surface area (Å²) in [6.45, 7) is 10.4. The van der Waals surface area contributed by atoms with Crippen LogP contribution in [-0.4, -0.2) is 55.1 Å². The molecule has 3 nitrogen and oxygen atoms in total. The average molecular weight is 423 g/mol. The lowest BCUT2D eigenvalue weighted by Gasteiger charge is -2.15. The topological polar surface area (TPSA) is 51.2 Å². The molecule has 0 saturated heterocycles. The van der Waals surface area contributed by atoms with Gasteiger partial charge in [-0.05, 0) is 18.2 Å². The minimum atomic E-state index is -0.0195. The van der Waals surface area contributed by atoms with Crippen LogP contribution < -0.4 is 0 Å². The fraction of sp³-hybridized carbons (Fsp3) is 0.438. The van der Waals surface area contributed by atoms with E-state index in [1.165, 1.54) is 53.5 Å². The van der Waals surface area contributed by atoms with Crippen molar-refractivity contribution < 1.29 is 14.4 Å². The summed E-state index contributed by atoms with van der Waals surface area (Å²) in [5.41, 5.74) is 0. The van der Waals surface area contributed by atoms with Crippen molar-refractivity contribution >= 4 is 74.2 Å². The zero-order chi connectivity index (χ0) is 18.2. The van der Waals surface area contributed by atoms with E-state index >= 15 is 0 Å². The number of carbonyl (C=O) groups excluding carboxylic acids is 3. The Balaban J connectivity index is 4.07. The fourth-order valence-corrected chi connectivity index (χ4v) is 6.31. The standard InChI is InChI=1S/C16H22O3S5/c1-4-14(17)22-8-7-20-11-13(12-24-16(19)6-3)21-9-10-23-15(18)5-2/h4-6,13H,1-3,7-12H2. The van der Waals surface area contributed by atoms with Crippen LogP contribution in [-0.2, 0) is 14.4 Å². The van der Waals surface area contributed by atoms with E-state index in [1.807, 2.05) is 0 Å². The monoisotopic (exact) mass is 422 g/mol. The molecule has 134 valence electrons. The second-order valence-electron chi connectivity index (χ2n) is 4.15. The molecular weight excluding hydrogens is 401 g/mol. The largest absolute Gasteiger partial charge is 0.282 e. The van der Waals surface area contributed by atoms with Crippen molar-refractivity contribution in [3.05, 3.63) is 38.0 Å². The van der Waals surface area contributed by atoms with Crippen LogP contribution in [0.4, 0.5) is 0 Å². The van der Waals surface area contributed by atoms with Crippen molar-refractivity contribution in [3.8, 4) is 0 Å². The Kier molecular flexibility index (Phi) is 16.4. The molecule has 0 spiro atoms. The molecule has 0 fully saturated rings. The van der Waals surface area contributed by atoms with Crippen molar-refractivity contribution in [2.45, 2.75) is 5.25 Å². The highest BCUT2D eigenvalue weighted by molar-refractivity contribution is 8.16. The van der Waals surface area contributed by atoms with Crippen LogP contribution in [0, 0.1) is 0 Å². The number of rotatable bonds is 14. The summed E-state index contributed by atoms with van der Waals surface area (Å²) in [6.07, 6.45) is 3.98. The summed E-state index contributed by atoms with van der Waals surface area (Å²) in [6, 6.07) is 0. The van der Waals surface area contributed by atoms with Gasteiger partial charge >= 0.3 is 0 Å². The molecule has 0 aliphatic heterocycles. The molecule has 0 aliphatic rings. The zero-order valence-electron chi connectivity index (χ0n) is 13.4. The van der Waals surface area contributed by atoms with Crippen LogP contribution in [0.15, 0.2) is 38.0 Å². The van der Waals surface area contributed by atoms with E-state index in [4.69, 9.17) is 0 Å². The first kappa shape index (κ1) is 24.0. The van der Waals surface area contributed by atoms with Crippen molar-refractivity contribution in [2.75, 3.05) is 34.5 Å². The van der Waals surface area contributed by atoms with Gasteiger partial charge in [0.25, 0.3) is 0 Å². The summed E-state index contributed by atoms with van der Waals surface area (Å²) in [5, 5.41) is 0.289. The molecule has 1 unspecified atom stereocenters. The van der Waals surface area contributed by atoms with Gasteiger partial charge in [0.2, 0.25) is 15.3 Å². The first-order valence-electron chi connectivity index (χ1n) is 7.10. The molecular formula is C16H22O3S5. The van der Waals surface area contributed by atoms with E-state index < -0.39 is 0 Å². The minimum absolute atomic E-state index is 0.00225. The Morgan fingerprint density at radius 1 is 0.708 bits per heavy atom. The molecule has 0 heterocycles. The number of carbonyl (C=O) groups is 3. The maximum atomic E-state index is 11.4. The molecule has 0 radical (unpaired) electrons. The number of hydrogen-bond acceptors (Lipinski definition) is 8. The Hall–Kier alpha value is -0.0200. The van der Waals surface area contributed by atoms with E-state index in [0.29, 0.717) is 5.25 Å². The second-order valence-corrected chi connectivity index (χ2v) is 9.93. The Morgan fingerprint density at radius 3 is 1.75 bits per heavy atom. The Labute approximate surface area is 165 Å². The molecule has 0 aliphatic carbocycles. The lowest BCUT2D eigenvalue weighted by atomic mass is 10.5. The highest BCUT2D eigenvalue weighted by Crippen LogP contribution is 2.23. The minimum Gasteiger partial charge on any atom is -0.282 e. The quantitative estimate of drug-likeness (QED) is 0.305. The van der Waals surface area contributed by atoms with E-state index in [2.05, 4.69) is 19.7 Å². The molecule has 8 heteroatoms. The first-order valence-corrected chi connectivity index (χ1v) is 12.3. The third-order valence-corrected chi connectivity index (χ3v) is 8.42. The lowest BCUT2D eigenvalue weighted by Crippen LogP contribution is -2.13. The molecule has 24 heavy (non-hydrogen) atoms. The highest BCUT2D eigenvalue weighted by Gasteiger charge is 2.12. The molecule has 0 aromatic heterocycles. The lowest BCUT2D eigenvalue weighted by molar-refractivity contribution is -0.107. The van der Waals surface area contributed by atoms with Gasteiger partial charge in [0, 0.05) is 39.8 Å². The Morgan fingerprint density at radius 2 is 1.21 bits per heavy atom. The molecule has 0 N–H and O–H groups in total. The van der Waals surface area contributed by atoms with Gasteiger partial charge in [-0.1, -0.05) is 55.0 Å². The normalized spacial score (nSPS) is 11.5. The maximum absolute atomic E-state index is 11.4. The van der Waals surface area contributed by atoms with Crippen LogP contribution in [0.2, 0.25) is 0 Å². The summed E-state index contributed by atoms with van der Waals surface area (Å²) in [5.74, 6) is 4.86. The molecule has 1 atom stereocenters. The summed E-state index contributed by atoms with van der Waals surface area (Å²) < 4.78 is 0. The van der Waals surface area contributed by atoms with Crippen LogP contribution in [0.1, 0.15) is 0 Å². The van der Waals surface area contributed by atoms with Crippen LogP contribution in [0.3, 0.4) is 0 Å². The molecule has 0 rings (SSSR count). The zero-order valence-corrected chi connectivity index (χ0v) is 17.5. The molecule has 0 aromatic rings. The van der Waals surface area contributed by atoms with Crippen LogP contribution in [0.5, 0.6) is 0 Å². The molecule has 0 amide bonds. The summed E-state index contributed by atoms with van der Waals surface area (Å²) in [4.78, 5) is 33.7. The van der Waals surface area contributed by atoms with Gasteiger partial charge in [-0.15, -0.1) is 0 Å². The van der Waals surface area contributed by atoms with Gasteiger partial charge in [0.15, 0.2) is 0 Å². The Bertz CT molecular complexity index is 451. The highest BCUT2D eigenvalue weighted by atomic mass is 32.2. The van der Waals surface area contributed by atoms with Crippen molar-refractivity contribution in [1.82, 2.24) is 0 Å².